The third-order valence-corrected chi connectivity index (χ3v) is 3.52. The number of likely N-dealkylation sites (tertiary alicyclic amines) is 1. The molecule has 2 N–H and O–H groups in total. The van der Waals surface area contributed by atoms with E-state index >= 15 is 0 Å². The molecule has 18 heavy (non-hydrogen) atoms. The van der Waals surface area contributed by atoms with Crippen LogP contribution in [-0.2, 0) is 6.18 Å². The first-order chi connectivity index (χ1) is 8.38. The number of rotatable bonds is 2. The molecule has 1 aliphatic heterocycles. The van der Waals surface area contributed by atoms with Crippen molar-refractivity contribution in [2.75, 3.05) is 13.1 Å². The van der Waals surface area contributed by atoms with E-state index in [4.69, 9.17) is 5.73 Å². The monoisotopic (exact) mass is 258 g/mol. The number of nitrogens with two attached hydrogens (primary N) is 1. The maximum Gasteiger partial charge on any atom is 0.416 e. The summed E-state index contributed by atoms with van der Waals surface area (Å²) in [5.74, 6) is 0. The maximum absolute atomic E-state index is 12.4. The zero-order valence-electron chi connectivity index (χ0n) is 10.2. The molecular formula is C13H17F3N2. The van der Waals surface area contributed by atoms with Crippen molar-refractivity contribution < 1.29 is 13.2 Å². The molecule has 2 nitrogen and oxygen atoms in total. The minimum atomic E-state index is -4.27. The van der Waals surface area contributed by atoms with E-state index in [1.165, 1.54) is 0 Å². The minimum Gasteiger partial charge on any atom is -0.326 e. The Morgan fingerprint density at radius 2 is 1.89 bits per heavy atom. The van der Waals surface area contributed by atoms with Gasteiger partial charge >= 0.3 is 6.18 Å². The van der Waals surface area contributed by atoms with E-state index in [2.05, 4.69) is 4.90 Å². The first kappa shape index (κ1) is 13.4. The summed E-state index contributed by atoms with van der Waals surface area (Å²) in [6.07, 6.45) is -3.32. The van der Waals surface area contributed by atoms with Crippen molar-refractivity contribution in [3.63, 3.8) is 0 Å². The van der Waals surface area contributed by atoms with E-state index < -0.39 is 11.7 Å². The lowest BCUT2D eigenvalue weighted by atomic mass is 10.0. The minimum absolute atomic E-state index is 0.112. The molecule has 0 bridgehead atoms. The molecule has 0 saturated carbocycles. The molecule has 1 saturated heterocycles. The maximum atomic E-state index is 12.4. The number of alkyl halides is 3. The van der Waals surface area contributed by atoms with Crippen molar-refractivity contribution in [1.29, 1.82) is 0 Å². The molecule has 2 rings (SSSR count). The van der Waals surface area contributed by atoms with Gasteiger partial charge in [-0.25, -0.2) is 0 Å². The summed E-state index contributed by atoms with van der Waals surface area (Å²) in [5, 5.41) is 0. The molecule has 0 amide bonds. The van der Waals surface area contributed by atoms with Gasteiger partial charge in [0.1, 0.15) is 0 Å². The van der Waals surface area contributed by atoms with Crippen LogP contribution in [-0.4, -0.2) is 24.0 Å². The molecule has 0 spiro atoms. The highest BCUT2D eigenvalue weighted by Crippen LogP contribution is 2.31. The Kier molecular flexibility index (Phi) is 3.64. The predicted octanol–water partition coefficient (Wildman–Crippen LogP) is 2.80. The van der Waals surface area contributed by atoms with Gasteiger partial charge in [-0.2, -0.15) is 13.2 Å². The fourth-order valence-corrected chi connectivity index (χ4v) is 2.33. The van der Waals surface area contributed by atoms with Gasteiger partial charge in [0.15, 0.2) is 0 Å². The van der Waals surface area contributed by atoms with Crippen LogP contribution >= 0.6 is 0 Å². The Bertz CT molecular complexity index is 400. The number of nitrogens with zero attached hydrogens (tertiary/aromatic N) is 1. The number of halogens is 3. The summed E-state index contributed by atoms with van der Waals surface area (Å²) in [5.41, 5.74) is 6.13. The van der Waals surface area contributed by atoms with E-state index in [0.717, 1.165) is 37.2 Å². The van der Waals surface area contributed by atoms with Crippen molar-refractivity contribution in [1.82, 2.24) is 4.90 Å². The fourth-order valence-electron chi connectivity index (χ4n) is 2.33. The molecule has 2 atom stereocenters. The van der Waals surface area contributed by atoms with E-state index in [0.29, 0.717) is 0 Å². The van der Waals surface area contributed by atoms with Crippen LogP contribution in [0, 0.1) is 0 Å². The predicted molar refractivity (Wildman–Crippen MR) is 64.0 cm³/mol. The zero-order valence-corrected chi connectivity index (χ0v) is 10.2. The van der Waals surface area contributed by atoms with Gasteiger partial charge in [-0.1, -0.05) is 12.1 Å². The average molecular weight is 258 g/mol. The van der Waals surface area contributed by atoms with E-state index in [9.17, 15) is 13.2 Å². The lowest BCUT2D eigenvalue weighted by Gasteiger charge is -2.24. The van der Waals surface area contributed by atoms with Crippen molar-refractivity contribution in [3.05, 3.63) is 35.4 Å². The molecule has 0 aromatic heterocycles. The van der Waals surface area contributed by atoms with Crippen molar-refractivity contribution in [2.24, 2.45) is 5.73 Å². The Hall–Kier alpha value is -1.07. The summed E-state index contributed by atoms with van der Waals surface area (Å²) in [4.78, 5) is 2.20. The molecule has 1 heterocycles. The first-order valence-electron chi connectivity index (χ1n) is 6.04. The van der Waals surface area contributed by atoms with Gasteiger partial charge in [0.05, 0.1) is 5.56 Å². The van der Waals surface area contributed by atoms with Crippen LogP contribution in [0.15, 0.2) is 24.3 Å². The van der Waals surface area contributed by atoms with Crippen molar-refractivity contribution in [3.8, 4) is 0 Å². The number of hydrogen-bond acceptors (Lipinski definition) is 2. The van der Waals surface area contributed by atoms with E-state index in [1.54, 1.807) is 12.1 Å². The molecule has 0 aliphatic carbocycles. The normalized spacial score (nSPS) is 23.3. The largest absolute Gasteiger partial charge is 0.416 e. The van der Waals surface area contributed by atoms with Crippen LogP contribution in [0.5, 0.6) is 0 Å². The quantitative estimate of drug-likeness (QED) is 0.883. The Morgan fingerprint density at radius 3 is 2.33 bits per heavy atom. The van der Waals surface area contributed by atoms with E-state index in [-0.39, 0.29) is 12.1 Å². The molecule has 1 aromatic rings. The third-order valence-electron chi connectivity index (χ3n) is 3.52. The SMILES string of the molecule is CC(c1ccc(C(F)(F)F)cc1)N1CCC(N)C1. The highest BCUT2D eigenvalue weighted by molar-refractivity contribution is 5.26. The Labute approximate surface area is 105 Å². The lowest BCUT2D eigenvalue weighted by Crippen LogP contribution is -2.28. The fraction of sp³-hybridized carbons (Fsp3) is 0.538. The van der Waals surface area contributed by atoms with Gasteiger partial charge in [-0.15, -0.1) is 0 Å². The number of hydrogen-bond donors (Lipinski definition) is 1. The molecule has 0 radical (unpaired) electrons. The van der Waals surface area contributed by atoms with Crippen LogP contribution in [0.2, 0.25) is 0 Å². The van der Waals surface area contributed by atoms with Crippen LogP contribution in [0.1, 0.15) is 30.5 Å². The smallest absolute Gasteiger partial charge is 0.326 e. The Balaban J connectivity index is 2.10. The van der Waals surface area contributed by atoms with Gasteiger partial charge in [0, 0.05) is 25.2 Å². The molecule has 5 heteroatoms. The summed E-state index contributed by atoms with van der Waals surface area (Å²) >= 11 is 0. The summed E-state index contributed by atoms with van der Waals surface area (Å²) < 4.78 is 37.3. The lowest BCUT2D eigenvalue weighted by molar-refractivity contribution is -0.137. The second-order valence-corrected chi connectivity index (χ2v) is 4.84. The van der Waals surface area contributed by atoms with Gasteiger partial charge in [-0.05, 0) is 31.0 Å². The molecule has 1 fully saturated rings. The standard InChI is InChI=1S/C13H17F3N2/c1-9(18-7-6-12(17)8-18)10-2-4-11(5-3-10)13(14,15)16/h2-5,9,12H,6-8,17H2,1H3. The second-order valence-electron chi connectivity index (χ2n) is 4.84. The van der Waals surface area contributed by atoms with Gasteiger partial charge < -0.3 is 5.73 Å². The van der Waals surface area contributed by atoms with Crippen molar-refractivity contribution >= 4 is 0 Å². The van der Waals surface area contributed by atoms with Crippen LogP contribution in [0.3, 0.4) is 0 Å². The van der Waals surface area contributed by atoms with Crippen molar-refractivity contribution in [2.45, 2.75) is 31.6 Å². The molecule has 1 aromatic carbocycles. The van der Waals surface area contributed by atoms with E-state index in [1.807, 2.05) is 6.92 Å². The Morgan fingerprint density at radius 1 is 1.28 bits per heavy atom. The average Bonchev–Trinajstić information content (AvgIpc) is 2.74. The first-order valence-corrected chi connectivity index (χ1v) is 6.04. The van der Waals surface area contributed by atoms with Gasteiger partial charge in [0.2, 0.25) is 0 Å². The summed E-state index contributed by atoms with van der Waals surface area (Å²) in [7, 11) is 0. The number of benzene rings is 1. The second kappa shape index (κ2) is 4.90. The summed E-state index contributed by atoms with van der Waals surface area (Å²) in [6.45, 7) is 3.71. The van der Waals surface area contributed by atoms with Gasteiger partial charge in [0.25, 0.3) is 0 Å². The van der Waals surface area contributed by atoms with Crippen LogP contribution in [0.25, 0.3) is 0 Å². The summed E-state index contributed by atoms with van der Waals surface area (Å²) in [6, 6.07) is 5.68. The van der Waals surface area contributed by atoms with Crippen LogP contribution < -0.4 is 5.73 Å². The molecular weight excluding hydrogens is 241 g/mol. The highest BCUT2D eigenvalue weighted by Gasteiger charge is 2.30. The molecule has 1 aliphatic rings. The highest BCUT2D eigenvalue weighted by atomic mass is 19.4. The molecule has 100 valence electrons. The van der Waals surface area contributed by atoms with Crippen LogP contribution in [0.4, 0.5) is 13.2 Å². The zero-order chi connectivity index (χ0) is 13.3. The molecule has 2 unspecified atom stereocenters. The van der Waals surface area contributed by atoms with Gasteiger partial charge in [-0.3, -0.25) is 4.90 Å². The topological polar surface area (TPSA) is 29.3 Å². The third kappa shape index (κ3) is 2.84.